The van der Waals surface area contributed by atoms with Crippen LogP contribution in [0.4, 0.5) is 0 Å². The molecule has 19 heavy (non-hydrogen) atoms. The van der Waals surface area contributed by atoms with Crippen molar-refractivity contribution in [3.8, 4) is 0 Å². The van der Waals surface area contributed by atoms with Crippen molar-refractivity contribution in [1.82, 2.24) is 10.2 Å². The van der Waals surface area contributed by atoms with E-state index in [2.05, 4.69) is 37.9 Å². The highest BCUT2D eigenvalue weighted by Gasteiger charge is 2.34. The Hall–Kier alpha value is -0.570. The topological polar surface area (TPSA) is 32.3 Å². The zero-order valence-electron chi connectivity index (χ0n) is 13.0. The van der Waals surface area contributed by atoms with Crippen LogP contribution in [0.15, 0.2) is 0 Å². The Kier molecular flexibility index (Phi) is 4.54. The lowest BCUT2D eigenvalue weighted by atomic mass is 9.69. The maximum Gasteiger partial charge on any atom is 0.225 e. The average molecular weight is 266 g/mol. The van der Waals surface area contributed by atoms with Gasteiger partial charge >= 0.3 is 0 Å². The Bertz CT molecular complexity index is 313. The molecule has 2 fully saturated rings. The third-order valence-corrected chi connectivity index (χ3v) is 4.98. The van der Waals surface area contributed by atoms with Gasteiger partial charge in [-0.3, -0.25) is 4.79 Å². The molecule has 1 saturated heterocycles. The van der Waals surface area contributed by atoms with Crippen LogP contribution in [0.5, 0.6) is 0 Å². The fourth-order valence-corrected chi connectivity index (χ4v) is 3.60. The number of nitrogens with zero attached hydrogens (tertiary/aromatic N) is 1. The molecule has 0 unspecified atom stereocenters. The molecule has 110 valence electrons. The van der Waals surface area contributed by atoms with Crippen LogP contribution < -0.4 is 5.32 Å². The van der Waals surface area contributed by atoms with Gasteiger partial charge in [0.2, 0.25) is 5.91 Å². The first kappa shape index (κ1) is 14.8. The fraction of sp³-hybridized carbons (Fsp3) is 0.938. The van der Waals surface area contributed by atoms with Crippen LogP contribution >= 0.6 is 0 Å². The highest BCUT2D eigenvalue weighted by Crippen LogP contribution is 2.40. The molecule has 0 bridgehead atoms. The van der Waals surface area contributed by atoms with E-state index < -0.39 is 0 Å². The van der Waals surface area contributed by atoms with Gasteiger partial charge in [0.15, 0.2) is 0 Å². The van der Waals surface area contributed by atoms with Crippen LogP contribution in [0.1, 0.15) is 53.4 Å². The Labute approximate surface area is 118 Å². The molecule has 1 amide bonds. The Balaban J connectivity index is 1.85. The summed E-state index contributed by atoms with van der Waals surface area (Å²) in [5.74, 6) is 1.50. The Morgan fingerprint density at radius 3 is 2.32 bits per heavy atom. The molecule has 2 rings (SSSR count). The zero-order valence-corrected chi connectivity index (χ0v) is 13.0. The van der Waals surface area contributed by atoms with Gasteiger partial charge in [-0.15, -0.1) is 0 Å². The number of rotatable bonds is 1. The molecule has 0 radical (unpaired) electrons. The molecule has 0 aromatic carbocycles. The van der Waals surface area contributed by atoms with Gasteiger partial charge in [-0.2, -0.15) is 0 Å². The minimum atomic E-state index is 0.295. The van der Waals surface area contributed by atoms with Gasteiger partial charge in [-0.25, -0.2) is 0 Å². The summed E-state index contributed by atoms with van der Waals surface area (Å²) in [6.07, 6.45) is 4.64. The lowest BCUT2D eigenvalue weighted by Crippen LogP contribution is -2.53. The molecular weight excluding hydrogens is 236 g/mol. The largest absolute Gasteiger partial charge is 0.340 e. The number of nitrogens with one attached hydrogen (secondary N) is 1. The zero-order chi connectivity index (χ0) is 14.0. The van der Waals surface area contributed by atoms with E-state index in [-0.39, 0.29) is 0 Å². The summed E-state index contributed by atoms with van der Waals surface area (Å²) in [6, 6.07) is 0.448. The van der Waals surface area contributed by atoms with Gasteiger partial charge in [0.25, 0.3) is 0 Å². The van der Waals surface area contributed by atoms with Crippen molar-refractivity contribution in [1.29, 1.82) is 0 Å². The van der Waals surface area contributed by atoms with Crippen molar-refractivity contribution < 1.29 is 4.79 Å². The third-order valence-electron chi connectivity index (χ3n) is 4.98. The summed E-state index contributed by atoms with van der Waals surface area (Å²) in [4.78, 5) is 14.6. The molecule has 1 aliphatic carbocycles. The Morgan fingerprint density at radius 1 is 1.16 bits per heavy atom. The van der Waals surface area contributed by atoms with Crippen molar-refractivity contribution in [3.63, 3.8) is 0 Å². The normalized spacial score (nSPS) is 33.3. The van der Waals surface area contributed by atoms with Crippen molar-refractivity contribution in [2.24, 2.45) is 17.3 Å². The predicted molar refractivity (Wildman–Crippen MR) is 78.9 cm³/mol. The van der Waals surface area contributed by atoms with Gasteiger partial charge in [-0.1, -0.05) is 20.8 Å². The molecular formula is C16H30N2O. The maximum absolute atomic E-state index is 12.6. The van der Waals surface area contributed by atoms with Crippen molar-refractivity contribution in [2.45, 2.75) is 59.4 Å². The molecule has 1 heterocycles. The van der Waals surface area contributed by atoms with E-state index in [1.54, 1.807) is 0 Å². The second kappa shape index (κ2) is 5.82. The second-order valence-electron chi connectivity index (χ2n) is 7.55. The molecule has 3 heteroatoms. The van der Waals surface area contributed by atoms with Gasteiger partial charge < -0.3 is 10.2 Å². The van der Waals surface area contributed by atoms with Gasteiger partial charge in [0.05, 0.1) is 0 Å². The standard InChI is InChI=1S/C16H30N2O/c1-12-11-18(10-9-17-12)15(19)13-5-7-14(8-6-13)16(2,3)4/h12-14,17H,5-11H2,1-4H3/t12-,13?,14?/m0/s1. The number of piperazine rings is 1. The van der Waals surface area contributed by atoms with Gasteiger partial charge in [-0.05, 0) is 43.9 Å². The van der Waals surface area contributed by atoms with E-state index in [0.717, 1.165) is 38.4 Å². The first-order chi connectivity index (χ1) is 8.88. The van der Waals surface area contributed by atoms with Crippen LogP contribution in [0.3, 0.4) is 0 Å². The van der Waals surface area contributed by atoms with E-state index >= 15 is 0 Å². The molecule has 3 nitrogen and oxygen atoms in total. The number of hydrogen-bond donors (Lipinski definition) is 1. The minimum absolute atomic E-state index is 0.295. The van der Waals surface area contributed by atoms with Crippen LogP contribution in [-0.2, 0) is 4.79 Å². The molecule has 1 N–H and O–H groups in total. The summed E-state index contributed by atoms with van der Waals surface area (Å²) >= 11 is 0. The smallest absolute Gasteiger partial charge is 0.225 e. The number of carbonyl (C=O) groups excluding carboxylic acids is 1. The first-order valence-corrected chi connectivity index (χ1v) is 7.90. The summed E-state index contributed by atoms with van der Waals surface area (Å²) in [6.45, 7) is 11.9. The summed E-state index contributed by atoms with van der Waals surface area (Å²) in [7, 11) is 0. The first-order valence-electron chi connectivity index (χ1n) is 7.90. The Morgan fingerprint density at radius 2 is 1.79 bits per heavy atom. The van der Waals surface area contributed by atoms with Crippen LogP contribution in [0.25, 0.3) is 0 Å². The van der Waals surface area contributed by atoms with E-state index in [1.165, 1.54) is 12.8 Å². The summed E-state index contributed by atoms with van der Waals surface area (Å²) < 4.78 is 0. The quantitative estimate of drug-likeness (QED) is 0.791. The average Bonchev–Trinajstić information content (AvgIpc) is 2.37. The van der Waals surface area contributed by atoms with Crippen molar-refractivity contribution in [2.75, 3.05) is 19.6 Å². The third kappa shape index (κ3) is 3.71. The molecule has 1 saturated carbocycles. The van der Waals surface area contributed by atoms with E-state index in [0.29, 0.717) is 23.3 Å². The molecule has 0 spiro atoms. The molecule has 1 atom stereocenters. The highest BCUT2D eigenvalue weighted by molar-refractivity contribution is 5.79. The minimum Gasteiger partial charge on any atom is -0.340 e. The summed E-state index contributed by atoms with van der Waals surface area (Å²) in [5.41, 5.74) is 0.400. The lowest BCUT2D eigenvalue weighted by molar-refractivity contribution is -0.138. The molecule has 0 aromatic heterocycles. The van der Waals surface area contributed by atoms with Crippen LogP contribution in [-0.4, -0.2) is 36.5 Å². The van der Waals surface area contributed by atoms with Gasteiger partial charge in [0.1, 0.15) is 0 Å². The van der Waals surface area contributed by atoms with Crippen LogP contribution in [0, 0.1) is 17.3 Å². The van der Waals surface area contributed by atoms with Crippen molar-refractivity contribution in [3.05, 3.63) is 0 Å². The van der Waals surface area contributed by atoms with Crippen LogP contribution in [0.2, 0.25) is 0 Å². The monoisotopic (exact) mass is 266 g/mol. The number of amides is 1. The molecule has 2 aliphatic rings. The van der Waals surface area contributed by atoms with E-state index in [4.69, 9.17) is 0 Å². The highest BCUT2D eigenvalue weighted by atomic mass is 16.2. The number of carbonyl (C=O) groups is 1. The predicted octanol–water partition coefficient (Wildman–Crippen LogP) is 2.66. The fourth-order valence-electron chi connectivity index (χ4n) is 3.60. The summed E-state index contributed by atoms with van der Waals surface area (Å²) in [5, 5.41) is 3.40. The van der Waals surface area contributed by atoms with Crippen molar-refractivity contribution >= 4 is 5.91 Å². The maximum atomic E-state index is 12.6. The molecule has 1 aliphatic heterocycles. The SMILES string of the molecule is C[C@H]1CN(C(=O)C2CCC(C(C)(C)C)CC2)CCN1. The second-order valence-corrected chi connectivity index (χ2v) is 7.55. The van der Waals surface area contributed by atoms with E-state index in [1.807, 2.05) is 0 Å². The van der Waals surface area contributed by atoms with Gasteiger partial charge in [0, 0.05) is 31.6 Å². The lowest BCUT2D eigenvalue weighted by Gasteiger charge is -2.39. The number of hydrogen-bond acceptors (Lipinski definition) is 2. The van der Waals surface area contributed by atoms with E-state index in [9.17, 15) is 4.79 Å². The molecule has 0 aromatic rings.